The van der Waals surface area contributed by atoms with Crippen LogP contribution in [0.4, 0.5) is 4.39 Å². The van der Waals surface area contributed by atoms with E-state index < -0.39 is 0 Å². The van der Waals surface area contributed by atoms with Crippen LogP contribution in [-0.2, 0) is 6.42 Å². The Labute approximate surface area is 137 Å². The molecule has 0 saturated carbocycles. The summed E-state index contributed by atoms with van der Waals surface area (Å²) in [4.78, 5) is 12.5. The summed E-state index contributed by atoms with van der Waals surface area (Å²) in [5.41, 5.74) is 3.32. The van der Waals surface area contributed by atoms with Crippen molar-refractivity contribution in [2.75, 3.05) is 0 Å². The Balaban J connectivity index is 1.83. The highest BCUT2D eigenvalue weighted by atomic mass is 127. The summed E-state index contributed by atoms with van der Waals surface area (Å²) in [6.07, 6.45) is 3.81. The molecule has 0 bridgehead atoms. The van der Waals surface area contributed by atoms with Crippen molar-refractivity contribution in [3.63, 3.8) is 0 Å². The van der Waals surface area contributed by atoms with Crippen molar-refractivity contribution in [3.8, 4) is 0 Å². The van der Waals surface area contributed by atoms with Gasteiger partial charge in [0.05, 0.1) is 0 Å². The topological polar surface area (TPSA) is 17.1 Å². The zero-order valence-electron chi connectivity index (χ0n) is 11.6. The van der Waals surface area contributed by atoms with E-state index in [1.165, 1.54) is 23.3 Å². The fraction of sp³-hybridized carbons (Fsp3) is 0.278. The lowest BCUT2D eigenvalue weighted by molar-refractivity contribution is 0.0970. The Morgan fingerprint density at radius 1 is 1.24 bits per heavy atom. The smallest absolute Gasteiger partial charge is 0.164 e. The van der Waals surface area contributed by atoms with Gasteiger partial charge in [-0.25, -0.2) is 4.39 Å². The van der Waals surface area contributed by atoms with Crippen LogP contribution in [0, 0.1) is 9.39 Å². The third kappa shape index (κ3) is 3.18. The maximum absolute atomic E-state index is 13.2. The molecule has 1 nitrogen and oxygen atoms in total. The van der Waals surface area contributed by atoms with Crippen molar-refractivity contribution in [3.05, 3.63) is 68.5 Å². The molecule has 0 fully saturated rings. The predicted octanol–water partition coefficient (Wildman–Crippen LogP) is 5.12. The highest BCUT2D eigenvalue weighted by Gasteiger charge is 2.23. The number of carbonyl (C=O) groups excluding carboxylic acids is 1. The lowest BCUT2D eigenvalue weighted by Gasteiger charge is -2.25. The van der Waals surface area contributed by atoms with Gasteiger partial charge in [-0.15, -0.1) is 0 Å². The molecule has 2 aromatic carbocycles. The van der Waals surface area contributed by atoms with E-state index in [2.05, 4.69) is 18.2 Å². The SMILES string of the molecule is O=C(CC1CCCc2ccccc21)c1ccc(F)cc1I. The predicted molar refractivity (Wildman–Crippen MR) is 90.2 cm³/mol. The molecule has 0 radical (unpaired) electrons. The molecule has 0 spiro atoms. The zero-order chi connectivity index (χ0) is 14.8. The fourth-order valence-corrected chi connectivity index (χ4v) is 3.89. The van der Waals surface area contributed by atoms with Gasteiger partial charge >= 0.3 is 0 Å². The van der Waals surface area contributed by atoms with Crippen LogP contribution >= 0.6 is 22.6 Å². The monoisotopic (exact) mass is 394 g/mol. The van der Waals surface area contributed by atoms with E-state index in [-0.39, 0.29) is 11.6 Å². The van der Waals surface area contributed by atoms with Crippen LogP contribution in [-0.4, -0.2) is 5.78 Å². The van der Waals surface area contributed by atoms with Gasteiger partial charge in [-0.1, -0.05) is 24.3 Å². The maximum atomic E-state index is 13.2. The average Bonchev–Trinajstić information content (AvgIpc) is 2.47. The molecular formula is C18H16FIO. The van der Waals surface area contributed by atoms with Crippen LogP contribution in [0.1, 0.15) is 46.7 Å². The highest BCUT2D eigenvalue weighted by molar-refractivity contribution is 14.1. The van der Waals surface area contributed by atoms with Gasteiger partial charge in [0.15, 0.2) is 5.78 Å². The second-order valence-electron chi connectivity index (χ2n) is 5.54. The van der Waals surface area contributed by atoms with Crippen molar-refractivity contribution in [1.82, 2.24) is 0 Å². The first-order valence-electron chi connectivity index (χ1n) is 7.21. The number of aryl methyl sites for hydroxylation is 1. The van der Waals surface area contributed by atoms with Gasteiger partial charge in [0.1, 0.15) is 5.82 Å². The average molecular weight is 394 g/mol. The van der Waals surface area contributed by atoms with Crippen molar-refractivity contribution >= 4 is 28.4 Å². The molecule has 0 N–H and O–H groups in total. The third-order valence-corrected chi connectivity index (χ3v) is 5.05. The highest BCUT2D eigenvalue weighted by Crippen LogP contribution is 2.35. The lowest BCUT2D eigenvalue weighted by atomic mass is 9.79. The van der Waals surface area contributed by atoms with Crippen LogP contribution in [0.2, 0.25) is 0 Å². The first-order valence-corrected chi connectivity index (χ1v) is 8.29. The van der Waals surface area contributed by atoms with Gasteiger partial charge in [0.2, 0.25) is 0 Å². The number of halogens is 2. The van der Waals surface area contributed by atoms with E-state index in [1.54, 1.807) is 6.07 Å². The second kappa shape index (κ2) is 6.26. The molecule has 0 heterocycles. The minimum atomic E-state index is -0.293. The summed E-state index contributed by atoms with van der Waals surface area (Å²) in [6.45, 7) is 0. The molecule has 1 aliphatic rings. The van der Waals surface area contributed by atoms with Crippen LogP contribution in [0.3, 0.4) is 0 Å². The quantitative estimate of drug-likeness (QED) is 0.522. The van der Waals surface area contributed by atoms with E-state index in [9.17, 15) is 9.18 Å². The maximum Gasteiger partial charge on any atom is 0.164 e. The van der Waals surface area contributed by atoms with Crippen LogP contribution in [0.15, 0.2) is 42.5 Å². The molecule has 1 unspecified atom stereocenters. The van der Waals surface area contributed by atoms with Gasteiger partial charge in [0, 0.05) is 15.6 Å². The van der Waals surface area contributed by atoms with Gasteiger partial charge in [-0.05, 0) is 77.1 Å². The summed E-state index contributed by atoms with van der Waals surface area (Å²) in [5, 5.41) is 0. The fourth-order valence-electron chi connectivity index (χ4n) is 3.12. The minimum absolute atomic E-state index is 0.112. The molecule has 21 heavy (non-hydrogen) atoms. The molecule has 3 rings (SSSR count). The van der Waals surface area contributed by atoms with E-state index in [0.717, 1.165) is 19.3 Å². The summed E-state index contributed by atoms with van der Waals surface area (Å²) in [7, 11) is 0. The summed E-state index contributed by atoms with van der Waals surface area (Å²) < 4.78 is 13.8. The van der Waals surface area contributed by atoms with E-state index in [0.29, 0.717) is 21.5 Å². The number of Topliss-reactive ketones (excluding diaryl/α,β-unsaturated/α-hetero) is 1. The number of carbonyl (C=O) groups is 1. The van der Waals surface area contributed by atoms with Crippen molar-refractivity contribution < 1.29 is 9.18 Å². The van der Waals surface area contributed by atoms with Crippen LogP contribution in [0.5, 0.6) is 0 Å². The van der Waals surface area contributed by atoms with Gasteiger partial charge in [0.25, 0.3) is 0 Å². The van der Waals surface area contributed by atoms with Crippen LogP contribution in [0.25, 0.3) is 0 Å². The van der Waals surface area contributed by atoms with E-state index >= 15 is 0 Å². The molecule has 108 valence electrons. The molecule has 0 aliphatic heterocycles. The molecule has 0 saturated heterocycles. The zero-order valence-corrected chi connectivity index (χ0v) is 13.8. The number of rotatable bonds is 3. The first-order chi connectivity index (χ1) is 10.1. The van der Waals surface area contributed by atoms with Crippen molar-refractivity contribution in [2.45, 2.75) is 31.6 Å². The second-order valence-corrected chi connectivity index (χ2v) is 6.70. The van der Waals surface area contributed by atoms with Crippen molar-refractivity contribution in [1.29, 1.82) is 0 Å². The summed E-state index contributed by atoms with van der Waals surface area (Å²) >= 11 is 2.03. The molecule has 0 aromatic heterocycles. The minimum Gasteiger partial charge on any atom is -0.294 e. The van der Waals surface area contributed by atoms with E-state index in [4.69, 9.17) is 0 Å². The largest absolute Gasteiger partial charge is 0.294 e. The van der Waals surface area contributed by atoms with Crippen LogP contribution < -0.4 is 0 Å². The standard InChI is InChI=1S/C18H16FIO/c19-14-8-9-16(17(20)11-14)18(21)10-13-6-3-5-12-4-1-2-7-15(12)13/h1-2,4,7-9,11,13H,3,5-6,10H2. The number of hydrogen-bond donors (Lipinski definition) is 0. The van der Waals surface area contributed by atoms with E-state index in [1.807, 2.05) is 28.7 Å². The Morgan fingerprint density at radius 3 is 2.86 bits per heavy atom. The normalized spacial score (nSPS) is 17.3. The number of benzene rings is 2. The molecule has 1 aliphatic carbocycles. The lowest BCUT2D eigenvalue weighted by Crippen LogP contribution is -2.14. The van der Waals surface area contributed by atoms with Gasteiger partial charge < -0.3 is 0 Å². The van der Waals surface area contributed by atoms with Gasteiger partial charge in [-0.2, -0.15) is 0 Å². The Morgan fingerprint density at radius 2 is 2.05 bits per heavy atom. The number of ketones is 1. The molecule has 0 amide bonds. The Hall–Kier alpha value is -1.23. The van der Waals surface area contributed by atoms with Gasteiger partial charge in [-0.3, -0.25) is 4.79 Å². The molecular weight excluding hydrogens is 378 g/mol. The molecule has 1 atom stereocenters. The summed E-state index contributed by atoms with van der Waals surface area (Å²) in [5.74, 6) is 0.114. The molecule has 3 heteroatoms. The third-order valence-electron chi connectivity index (χ3n) is 4.16. The Bertz CT molecular complexity index is 681. The number of hydrogen-bond acceptors (Lipinski definition) is 1. The summed E-state index contributed by atoms with van der Waals surface area (Å²) in [6, 6.07) is 12.8. The first kappa shape index (κ1) is 14.7. The molecule has 2 aromatic rings. The Kier molecular flexibility index (Phi) is 4.38. The number of fused-ring (bicyclic) bond motifs is 1. The van der Waals surface area contributed by atoms with Crippen molar-refractivity contribution in [2.24, 2.45) is 0 Å².